The highest BCUT2D eigenvalue weighted by Gasteiger charge is 2.42. The van der Waals surface area contributed by atoms with Gasteiger partial charge in [-0.1, -0.05) is 152 Å². The first-order valence-corrected chi connectivity index (χ1v) is 18.5. The Hall–Kier alpha value is -6.70. The normalized spacial score (nSPS) is 15.3. The Labute approximate surface area is 306 Å². The number of hydrogen-bond acceptors (Lipinski definition) is 1. The van der Waals surface area contributed by atoms with Crippen LogP contribution in [0.1, 0.15) is 23.6 Å². The molecule has 1 aromatic heterocycles. The van der Waals surface area contributed by atoms with Gasteiger partial charge < -0.3 is 4.42 Å². The molecule has 0 N–H and O–H groups in total. The van der Waals surface area contributed by atoms with E-state index in [1.807, 2.05) is 6.07 Å². The zero-order valence-electron chi connectivity index (χ0n) is 29.2. The summed E-state index contributed by atoms with van der Waals surface area (Å²) in [5.41, 5.74) is 13.1. The number of benzene rings is 10. The third-order valence-electron chi connectivity index (χ3n) is 12.3. The van der Waals surface area contributed by atoms with E-state index in [0.717, 1.165) is 21.9 Å². The van der Waals surface area contributed by atoms with E-state index >= 15 is 0 Å². The molecule has 1 heterocycles. The standard InChI is InChI=1S/C52H32O/c1-52(36-21-28-48-44(30-36)40-13-7-8-14-47(40)53-48)45-27-20-32-11-5-6-12-39(32)51(45)43-26-19-35(29-46(43)52)38-23-16-34-17-24-41-37(31-9-3-2-4-10-31)22-15-33-18-25-42(38)50(34)49(33)41/h2-30H,1H3. The van der Waals surface area contributed by atoms with Crippen LogP contribution in [0.5, 0.6) is 0 Å². The lowest BCUT2D eigenvalue weighted by Crippen LogP contribution is -2.22. The van der Waals surface area contributed by atoms with E-state index in [-0.39, 0.29) is 5.41 Å². The summed E-state index contributed by atoms with van der Waals surface area (Å²) in [6.45, 7) is 2.43. The van der Waals surface area contributed by atoms with E-state index in [1.165, 1.54) is 93.2 Å². The maximum absolute atomic E-state index is 6.30. The second-order valence-corrected chi connectivity index (χ2v) is 14.9. The number of fused-ring (bicyclic) bond motifs is 8. The summed E-state index contributed by atoms with van der Waals surface area (Å²) in [5.74, 6) is 0. The minimum atomic E-state index is -0.383. The Morgan fingerprint density at radius 2 is 1.00 bits per heavy atom. The molecule has 1 atom stereocenters. The molecule has 11 aromatic rings. The maximum Gasteiger partial charge on any atom is 0.135 e. The fraction of sp³-hybridized carbons (Fsp3) is 0.0385. The van der Waals surface area contributed by atoms with E-state index in [0.29, 0.717) is 0 Å². The van der Waals surface area contributed by atoms with Crippen LogP contribution in [0.2, 0.25) is 0 Å². The van der Waals surface area contributed by atoms with Crippen LogP contribution in [0.4, 0.5) is 0 Å². The molecular formula is C52H32O. The molecule has 12 rings (SSSR count). The molecule has 1 heteroatoms. The molecule has 1 aliphatic rings. The third-order valence-corrected chi connectivity index (χ3v) is 12.3. The molecule has 0 radical (unpaired) electrons. The van der Waals surface area contributed by atoms with Crippen molar-refractivity contribution >= 4 is 65.0 Å². The maximum atomic E-state index is 6.30. The minimum absolute atomic E-state index is 0.383. The van der Waals surface area contributed by atoms with Crippen molar-refractivity contribution in [3.63, 3.8) is 0 Å². The smallest absolute Gasteiger partial charge is 0.135 e. The molecule has 0 bridgehead atoms. The van der Waals surface area contributed by atoms with Gasteiger partial charge in [0, 0.05) is 16.2 Å². The molecule has 1 unspecified atom stereocenters. The molecule has 53 heavy (non-hydrogen) atoms. The summed E-state index contributed by atoms with van der Waals surface area (Å²) in [4.78, 5) is 0. The third kappa shape index (κ3) is 3.86. The van der Waals surface area contributed by atoms with Crippen molar-refractivity contribution in [2.45, 2.75) is 12.3 Å². The predicted molar refractivity (Wildman–Crippen MR) is 223 cm³/mol. The molecule has 0 spiro atoms. The quantitative estimate of drug-likeness (QED) is 0.170. The lowest BCUT2D eigenvalue weighted by Gasteiger charge is -2.29. The molecule has 246 valence electrons. The largest absolute Gasteiger partial charge is 0.456 e. The Bertz CT molecular complexity index is 3290. The van der Waals surface area contributed by atoms with Gasteiger partial charge in [-0.05, 0) is 124 Å². The van der Waals surface area contributed by atoms with Gasteiger partial charge in [-0.2, -0.15) is 0 Å². The fourth-order valence-electron chi connectivity index (χ4n) is 9.74. The van der Waals surface area contributed by atoms with E-state index in [9.17, 15) is 0 Å². The van der Waals surface area contributed by atoms with Crippen LogP contribution in [0, 0.1) is 0 Å². The average Bonchev–Trinajstić information content (AvgIpc) is 3.72. The summed E-state index contributed by atoms with van der Waals surface area (Å²) in [6.07, 6.45) is 0. The first kappa shape index (κ1) is 28.9. The second kappa shape index (κ2) is 10.4. The first-order valence-electron chi connectivity index (χ1n) is 18.5. The van der Waals surface area contributed by atoms with E-state index in [2.05, 4.69) is 177 Å². The van der Waals surface area contributed by atoms with Crippen molar-refractivity contribution in [2.75, 3.05) is 0 Å². The van der Waals surface area contributed by atoms with Crippen LogP contribution in [0.3, 0.4) is 0 Å². The minimum Gasteiger partial charge on any atom is -0.456 e. The first-order chi connectivity index (χ1) is 26.1. The molecule has 0 saturated heterocycles. The van der Waals surface area contributed by atoms with Crippen molar-refractivity contribution in [1.29, 1.82) is 0 Å². The summed E-state index contributed by atoms with van der Waals surface area (Å²) in [6, 6.07) is 65.2. The SMILES string of the molecule is CC1(c2ccc3oc4ccccc4c3c2)c2cc(-c3ccc4ccc5c(-c6ccccc6)ccc6ccc3c4c65)ccc2-c2c1ccc1ccccc21. The van der Waals surface area contributed by atoms with Crippen LogP contribution in [0.25, 0.3) is 98.4 Å². The van der Waals surface area contributed by atoms with Gasteiger partial charge in [0.2, 0.25) is 0 Å². The number of hydrogen-bond donors (Lipinski definition) is 0. The van der Waals surface area contributed by atoms with E-state index in [1.54, 1.807) is 0 Å². The van der Waals surface area contributed by atoms with Crippen molar-refractivity contribution in [1.82, 2.24) is 0 Å². The van der Waals surface area contributed by atoms with Gasteiger partial charge >= 0.3 is 0 Å². The molecule has 0 aliphatic heterocycles. The topological polar surface area (TPSA) is 13.1 Å². The monoisotopic (exact) mass is 672 g/mol. The zero-order valence-corrected chi connectivity index (χ0v) is 29.2. The van der Waals surface area contributed by atoms with Gasteiger partial charge in [-0.3, -0.25) is 0 Å². The summed E-state index contributed by atoms with van der Waals surface area (Å²) < 4.78 is 6.30. The lowest BCUT2D eigenvalue weighted by atomic mass is 9.73. The molecule has 0 fully saturated rings. The summed E-state index contributed by atoms with van der Waals surface area (Å²) in [5, 5.41) is 12.7. The Kier molecular flexibility index (Phi) is 5.70. The lowest BCUT2D eigenvalue weighted by molar-refractivity contribution is 0.667. The predicted octanol–water partition coefficient (Wildman–Crippen LogP) is 14.3. The van der Waals surface area contributed by atoms with E-state index in [4.69, 9.17) is 4.42 Å². The van der Waals surface area contributed by atoms with Crippen molar-refractivity contribution in [2.24, 2.45) is 0 Å². The molecular weight excluding hydrogens is 641 g/mol. The van der Waals surface area contributed by atoms with Gasteiger partial charge in [0.25, 0.3) is 0 Å². The van der Waals surface area contributed by atoms with Gasteiger partial charge in [-0.25, -0.2) is 0 Å². The van der Waals surface area contributed by atoms with Gasteiger partial charge in [0.1, 0.15) is 11.2 Å². The fourth-order valence-corrected chi connectivity index (χ4v) is 9.74. The van der Waals surface area contributed by atoms with Crippen molar-refractivity contribution < 1.29 is 4.42 Å². The Morgan fingerprint density at radius 3 is 1.79 bits per heavy atom. The Morgan fingerprint density at radius 1 is 0.377 bits per heavy atom. The van der Waals surface area contributed by atoms with Crippen LogP contribution in [-0.4, -0.2) is 0 Å². The zero-order chi connectivity index (χ0) is 34.8. The molecule has 0 amide bonds. The molecule has 1 aliphatic carbocycles. The number of para-hydroxylation sites is 1. The van der Waals surface area contributed by atoms with Crippen LogP contribution in [0.15, 0.2) is 180 Å². The Balaban J connectivity index is 1.12. The second-order valence-electron chi connectivity index (χ2n) is 14.9. The molecule has 10 aromatic carbocycles. The number of rotatable bonds is 3. The summed E-state index contributed by atoms with van der Waals surface area (Å²) in [7, 11) is 0. The average molecular weight is 673 g/mol. The highest BCUT2D eigenvalue weighted by Crippen LogP contribution is 2.56. The van der Waals surface area contributed by atoms with Gasteiger partial charge in [0.15, 0.2) is 0 Å². The summed E-state index contributed by atoms with van der Waals surface area (Å²) >= 11 is 0. The van der Waals surface area contributed by atoms with E-state index < -0.39 is 0 Å². The van der Waals surface area contributed by atoms with Gasteiger partial charge in [0.05, 0.1) is 0 Å². The highest BCUT2D eigenvalue weighted by molar-refractivity contribution is 6.27. The number of furan rings is 1. The van der Waals surface area contributed by atoms with Crippen LogP contribution in [-0.2, 0) is 5.41 Å². The molecule has 0 saturated carbocycles. The van der Waals surface area contributed by atoms with Crippen LogP contribution < -0.4 is 0 Å². The molecule has 1 nitrogen and oxygen atoms in total. The van der Waals surface area contributed by atoms with Crippen molar-refractivity contribution in [3.05, 3.63) is 193 Å². The highest BCUT2D eigenvalue weighted by atomic mass is 16.3. The van der Waals surface area contributed by atoms with Crippen molar-refractivity contribution in [3.8, 4) is 33.4 Å². The van der Waals surface area contributed by atoms with Gasteiger partial charge in [-0.15, -0.1) is 0 Å². The van der Waals surface area contributed by atoms with Crippen LogP contribution >= 0.6 is 0 Å².